The van der Waals surface area contributed by atoms with Gasteiger partial charge in [-0.3, -0.25) is 0 Å². The van der Waals surface area contributed by atoms with E-state index in [1.165, 1.54) is 6.07 Å². The Morgan fingerprint density at radius 2 is 1.91 bits per heavy atom. The molecule has 1 aromatic carbocycles. The van der Waals surface area contributed by atoms with Gasteiger partial charge in [0.1, 0.15) is 0 Å². The van der Waals surface area contributed by atoms with Crippen LogP contribution in [0.2, 0.25) is 0 Å². The van der Waals surface area contributed by atoms with E-state index in [-0.39, 0.29) is 0 Å². The number of hydrogen-bond donors (Lipinski definition) is 0. The van der Waals surface area contributed by atoms with Crippen LogP contribution in [0.4, 0.5) is 17.6 Å². The zero-order valence-corrected chi connectivity index (χ0v) is 12.9. The molecule has 0 unspecified atom stereocenters. The van der Waals surface area contributed by atoms with E-state index in [0.29, 0.717) is 24.6 Å². The summed E-state index contributed by atoms with van der Waals surface area (Å²) in [7, 11) is -0.758. The average Bonchev–Trinajstić information content (AvgIpc) is 2.49. The molecule has 1 aromatic rings. The lowest BCUT2D eigenvalue weighted by Gasteiger charge is -2.27. The topological polar surface area (TPSA) is 27.7 Å². The number of ether oxygens (including phenoxy) is 1. The van der Waals surface area contributed by atoms with Crippen molar-refractivity contribution in [3.05, 3.63) is 24.0 Å². The van der Waals surface area contributed by atoms with E-state index >= 15 is 0 Å². The zero-order valence-electron chi connectivity index (χ0n) is 12.9. The Morgan fingerprint density at radius 1 is 1.22 bits per heavy atom. The van der Waals surface area contributed by atoms with Crippen LogP contribution in [0.1, 0.15) is 32.6 Å². The van der Waals surface area contributed by atoms with Crippen LogP contribution < -0.4 is 10.2 Å². The first-order chi connectivity index (χ1) is 10.9. The Bertz CT molecular complexity index is 502. The first kappa shape index (κ1) is 18.1. The Morgan fingerprint density at radius 3 is 2.48 bits per heavy atom. The van der Waals surface area contributed by atoms with Gasteiger partial charge in [-0.15, -0.1) is 13.2 Å². The summed E-state index contributed by atoms with van der Waals surface area (Å²) >= 11 is 0. The molecular weight excluding hydrogens is 315 g/mol. The van der Waals surface area contributed by atoms with Crippen molar-refractivity contribution in [3.8, 4) is 5.75 Å². The van der Waals surface area contributed by atoms with Gasteiger partial charge in [-0.25, -0.2) is 4.39 Å². The maximum atomic E-state index is 13.7. The van der Waals surface area contributed by atoms with Gasteiger partial charge in [-0.05, 0) is 24.0 Å². The number of rotatable bonds is 6. The molecule has 1 fully saturated rings. The van der Waals surface area contributed by atoms with E-state index in [2.05, 4.69) is 11.7 Å². The summed E-state index contributed by atoms with van der Waals surface area (Å²) in [5, 5.41) is 0. The second-order valence-electron chi connectivity index (χ2n) is 5.60. The van der Waals surface area contributed by atoms with Gasteiger partial charge < -0.3 is 14.0 Å². The van der Waals surface area contributed by atoms with Gasteiger partial charge in [-0.1, -0.05) is 32.3 Å². The van der Waals surface area contributed by atoms with Gasteiger partial charge in [0.2, 0.25) is 0 Å². The third kappa shape index (κ3) is 5.69. The maximum absolute atomic E-state index is 13.7. The number of hydrogen-bond acceptors (Lipinski definition) is 3. The highest BCUT2D eigenvalue weighted by Gasteiger charge is 2.34. The molecule has 1 aliphatic heterocycles. The SMILES string of the molecule is CCCCCC1COB(c2ccc(OC(F)(F)F)c(F)c2)OC1. The summed E-state index contributed by atoms with van der Waals surface area (Å²) in [6.45, 7) is 3.12. The summed E-state index contributed by atoms with van der Waals surface area (Å²) in [5.41, 5.74) is 0.337. The smallest absolute Gasteiger partial charge is 0.407 e. The number of halogens is 4. The molecular formula is C15H19BF4O3. The predicted molar refractivity (Wildman–Crippen MR) is 78.0 cm³/mol. The van der Waals surface area contributed by atoms with Crippen molar-refractivity contribution in [2.24, 2.45) is 5.92 Å². The zero-order chi connectivity index (χ0) is 16.9. The molecule has 0 amide bonds. The van der Waals surface area contributed by atoms with E-state index in [9.17, 15) is 17.6 Å². The van der Waals surface area contributed by atoms with Crippen molar-refractivity contribution < 1.29 is 31.6 Å². The lowest BCUT2D eigenvalue weighted by Crippen LogP contribution is -2.44. The molecule has 8 heteroatoms. The van der Waals surface area contributed by atoms with Crippen LogP contribution in [0.3, 0.4) is 0 Å². The summed E-state index contributed by atoms with van der Waals surface area (Å²) in [6, 6.07) is 3.19. The van der Waals surface area contributed by atoms with Crippen LogP contribution >= 0.6 is 0 Å². The van der Waals surface area contributed by atoms with Crippen LogP contribution in [-0.4, -0.2) is 26.7 Å². The van der Waals surface area contributed by atoms with Crippen LogP contribution in [0, 0.1) is 11.7 Å². The average molecular weight is 334 g/mol. The number of benzene rings is 1. The Labute approximate surface area is 133 Å². The molecule has 0 radical (unpaired) electrons. The molecule has 3 nitrogen and oxygen atoms in total. The lowest BCUT2D eigenvalue weighted by molar-refractivity contribution is -0.275. The van der Waals surface area contributed by atoms with Crippen LogP contribution in [0.25, 0.3) is 0 Å². The van der Waals surface area contributed by atoms with Crippen molar-refractivity contribution in [1.82, 2.24) is 0 Å². The van der Waals surface area contributed by atoms with E-state index < -0.39 is 25.0 Å². The second-order valence-corrected chi connectivity index (χ2v) is 5.60. The van der Waals surface area contributed by atoms with Gasteiger partial charge in [0.15, 0.2) is 11.6 Å². The van der Waals surface area contributed by atoms with Gasteiger partial charge >= 0.3 is 13.5 Å². The predicted octanol–water partition coefficient (Wildman–Crippen LogP) is 3.66. The normalized spacial score (nSPS) is 16.7. The first-order valence-corrected chi connectivity index (χ1v) is 7.67. The minimum absolute atomic E-state index is 0.301. The summed E-state index contributed by atoms with van der Waals surface area (Å²) < 4.78 is 64.7. The highest BCUT2D eigenvalue weighted by atomic mass is 19.4. The van der Waals surface area contributed by atoms with Gasteiger partial charge in [0.05, 0.1) is 0 Å². The highest BCUT2D eigenvalue weighted by Crippen LogP contribution is 2.25. The molecule has 0 atom stereocenters. The molecule has 23 heavy (non-hydrogen) atoms. The van der Waals surface area contributed by atoms with Crippen LogP contribution in [0.15, 0.2) is 18.2 Å². The molecule has 2 rings (SSSR count). The molecule has 0 aromatic heterocycles. The summed E-state index contributed by atoms with van der Waals surface area (Å²) in [4.78, 5) is 0. The van der Waals surface area contributed by atoms with Gasteiger partial charge in [0.25, 0.3) is 0 Å². The number of alkyl halides is 3. The van der Waals surface area contributed by atoms with E-state index in [0.717, 1.165) is 37.8 Å². The minimum atomic E-state index is -4.92. The monoisotopic (exact) mass is 334 g/mol. The standard InChI is InChI=1S/C15H19BF4O3/c1-2-3-4-5-11-9-21-16(22-10-11)12-6-7-14(13(17)8-12)23-15(18,19)20/h6-8,11H,2-5,9-10H2,1H3. The molecule has 0 saturated carbocycles. The minimum Gasteiger partial charge on any atom is -0.407 e. The third-order valence-corrected chi connectivity index (χ3v) is 3.64. The molecule has 0 spiro atoms. The van der Waals surface area contributed by atoms with Gasteiger partial charge in [0, 0.05) is 19.1 Å². The third-order valence-electron chi connectivity index (χ3n) is 3.64. The van der Waals surface area contributed by atoms with Crippen molar-refractivity contribution >= 4 is 12.6 Å². The van der Waals surface area contributed by atoms with Gasteiger partial charge in [-0.2, -0.15) is 0 Å². The van der Waals surface area contributed by atoms with Crippen LogP contribution in [0.5, 0.6) is 5.75 Å². The summed E-state index contributed by atoms with van der Waals surface area (Å²) in [5.74, 6) is -1.66. The molecule has 0 N–H and O–H groups in total. The van der Waals surface area contributed by atoms with E-state index in [1.54, 1.807) is 0 Å². The number of unbranched alkanes of at least 4 members (excludes halogenated alkanes) is 2. The Balaban J connectivity index is 1.90. The Hall–Kier alpha value is -1.28. The fourth-order valence-corrected chi connectivity index (χ4v) is 2.46. The van der Waals surface area contributed by atoms with E-state index in [1.807, 2.05) is 0 Å². The maximum Gasteiger partial charge on any atom is 0.573 e. The molecule has 0 bridgehead atoms. The fraction of sp³-hybridized carbons (Fsp3) is 0.600. The summed E-state index contributed by atoms with van der Waals surface area (Å²) in [6.07, 6.45) is -0.510. The molecule has 1 aliphatic rings. The molecule has 0 aliphatic carbocycles. The van der Waals surface area contributed by atoms with Crippen LogP contribution in [-0.2, 0) is 9.31 Å². The van der Waals surface area contributed by atoms with Crippen molar-refractivity contribution in [3.63, 3.8) is 0 Å². The second kappa shape index (κ2) is 8.01. The Kier molecular flexibility index (Phi) is 6.29. The molecule has 1 saturated heterocycles. The van der Waals surface area contributed by atoms with Crippen molar-refractivity contribution in [2.75, 3.05) is 13.2 Å². The van der Waals surface area contributed by atoms with Crippen molar-refractivity contribution in [1.29, 1.82) is 0 Å². The lowest BCUT2D eigenvalue weighted by atomic mass is 9.77. The van der Waals surface area contributed by atoms with E-state index in [4.69, 9.17) is 9.31 Å². The highest BCUT2D eigenvalue weighted by molar-refractivity contribution is 6.61. The fourth-order valence-electron chi connectivity index (χ4n) is 2.46. The molecule has 128 valence electrons. The first-order valence-electron chi connectivity index (χ1n) is 7.67. The largest absolute Gasteiger partial charge is 0.573 e. The van der Waals surface area contributed by atoms with Crippen molar-refractivity contribution in [2.45, 2.75) is 39.0 Å². The quantitative estimate of drug-likeness (QED) is 0.451. The molecule has 1 heterocycles.